The quantitative estimate of drug-likeness (QED) is 0.421. The third-order valence-electron chi connectivity index (χ3n) is 1.99. The van der Waals surface area contributed by atoms with Crippen molar-refractivity contribution < 1.29 is 19.5 Å². The van der Waals surface area contributed by atoms with Crippen LogP contribution in [0.1, 0.15) is 12.8 Å². The van der Waals surface area contributed by atoms with Crippen molar-refractivity contribution in [1.82, 2.24) is 5.32 Å². The first-order valence-corrected chi connectivity index (χ1v) is 6.33. The summed E-state index contributed by atoms with van der Waals surface area (Å²) in [5.41, 5.74) is 10.4. The average Bonchev–Trinajstić information content (AvgIpc) is 2.23. The number of amides is 2. The Balaban J connectivity index is 4.29. The van der Waals surface area contributed by atoms with E-state index in [9.17, 15) is 14.4 Å². The van der Waals surface area contributed by atoms with Crippen LogP contribution >= 0.6 is 11.8 Å². The summed E-state index contributed by atoms with van der Waals surface area (Å²) >= 11 is 1.53. The molecule has 7 nitrogen and oxygen atoms in total. The predicted octanol–water partition coefficient (Wildman–Crippen LogP) is -1.49. The maximum absolute atomic E-state index is 11.5. The highest BCUT2D eigenvalue weighted by Gasteiger charge is 2.24. The molecule has 0 aliphatic heterocycles. The zero-order chi connectivity index (χ0) is 13.4. The maximum Gasteiger partial charge on any atom is 0.326 e. The van der Waals surface area contributed by atoms with E-state index >= 15 is 0 Å². The largest absolute Gasteiger partial charge is 0.480 e. The van der Waals surface area contributed by atoms with Crippen LogP contribution in [-0.2, 0) is 14.4 Å². The second kappa shape index (κ2) is 7.91. The maximum atomic E-state index is 11.5. The van der Waals surface area contributed by atoms with Crippen LogP contribution in [0, 0.1) is 0 Å². The van der Waals surface area contributed by atoms with Gasteiger partial charge in [0.1, 0.15) is 6.04 Å². The SMILES string of the molecule is CSCCC(N)C(=O)NC(CC(N)=O)C(=O)O. The molecule has 0 aliphatic rings. The number of carbonyl (C=O) groups is 3. The first-order chi connectivity index (χ1) is 7.88. The summed E-state index contributed by atoms with van der Waals surface area (Å²) in [5.74, 6) is -2.00. The van der Waals surface area contributed by atoms with Crippen LogP contribution in [0.5, 0.6) is 0 Å². The predicted molar refractivity (Wildman–Crippen MR) is 64.4 cm³/mol. The molecule has 0 saturated heterocycles. The van der Waals surface area contributed by atoms with Crippen molar-refractivity contribution in [3.8, 4) is 0 Å². The van der Waals surface area contributed by atoms with E-state index in [0.29, 0.717) is 12.2 Å². The standard InChI is InChI=1S/C9H17N3O4S/c1-17-3-2-5(10)8(14)12-6(9(15)16)4-7(11)13/h5-6H,2-4,10H2,1H3,(H2,11,13)(H,12,14)(H,15,16). The number of carboxylic acids is 1. The second-order valence-electron chi connectivity index (χ2n) is 3.46. The lowest BCUT2D eigenvalue weighted by atomic mass is 10.1. The Morgan fingerprint density at radius 1 is 1.41 bits per heavy atom. The van der Waals surface area contributed by atoms with Gasteiger partial charge in [0.25, 0.3) is 0 Å². The Labute approximate surface area is 103 Å². The molecule has 0 aromatic heterocycles. The number of hydrogen-bond donors (Lipinski definition) is 4. The molecular weight excluding hydrogens is 246 g/mol. The average molecular weight is 263 g/mol. The molecule has 2 atom stereocenters. The highest BCUT2D eigenvalue weighted by molar-refractivity contribution is 7.98. The van der Waals surface area contributed by atoms with Gasteiger partial charge in [-0.05, 0) is 18.4 Å². The molecule has 0 heterocycles. The molecule has 98 valence electrons. The molecule has 0 aromatic carbocycles. The first kappa shape index (κ1) is 15.7. The summed E-state index contributed by atoms with van der Waals surface area (Å²) in [4.78, 5) is 32.8. The molecule has 0 fully saturated rings. The number of nitrogens with one attached hydrogen (secondary N) is 1. The lowest BCUT2D eigenvalue weighted by Crippen LogP contribution is -2.49. The molecule has 0 rings (SSSR count). The lowest BCUT2D eigenvalue weighted by Gasteiger charge is -2.16. The molecule has 2 unspecified atom stereocenters. The number of carbonyl (C=O) groups excluding carboxylic acids is 2. The number of primary amides is 1. The molecule has 0 aromatic rings. The van der Waals surface area contributed by atoms with Crippen LogP contribution in [0.4, 0.5) is 0 Å². The molecule has 8 heteroatoms. The highest BCUT2D eigenvalue weighted by atomic mass is 32.2. The van der Waals surface area contributed by atoms with Gasteiger partial charge < -0.3 is 21.9 Å². The Kier molecular flexibility index (Phi) is 7.31. The minimum Gasteiger partial charge on any atom is -0.480 e. The number of aliphatic carboxylic acids is 1. The first-order valence-electron chi connectivity index (χ1n) is 4.94. The van der Waals surface area contributed by atoms with Crippen LogP contribution in [0.3, 0.4) is 0 Å². The molecule has 0 saturated carbocycles. The Morgan fingerprint density at radius 3 is 2.41 bits per heavy atom. The van der Waals surface area contributed by atoms with E-state index in [2.05, 4.69) is 5.32 Å². The van der Waals surface area contributed by atoms with Gasteiger partial charge >= 0.3 is 5.97 Å². The highest BCUT2D eigenvalue weighted by Crippen LogP contribution is 2.00. The van der Waals surface area contributed by atoms with Gasteiger partial charge in [0, 0.05) is 0 Å². The summed E-state index contributed by atoms with van der Waals surface area (Å²) in [5, 5.41) is 10.9. The summed E-state index contributed by atoms with van der Waals surface area (Å²) in [6.45, 7) is 0. The molecule has 6 N–H and O–H groups in total. The summed E-state index contributed by atoms with van der Waals surface area (Å²) in [6, 6.07) is -2.10. The summed E-state index contributed by atoms with van der Waals surface area (Å²) < 4.78 is 0. The van der Waals surface area contributed by atoms with Gasteiger partial charge in [-0.1, -0.05) is 0 Å². The minimum absolute atomic E-state index is 0.440. The number of rotatable bonds is 8. The van der Waals surface area contributed by atoms with E-state index in [0.717, 1.165) is 0 Å². The van der Waals surface area contributed by atoms with Crippen molar-refractivity contribution in [2.75, 3.05) is 12.0 Å². The number of hydrogen-bond acceptors (Lipinski definition) is 5. The topological polar surface area (TPSA) is 136 Å². The van der Waals surface area contributed by atoms with Crippen molar-refractivity contribution in [3.63, 3.8) is 0 Å². The van der Waals surface area contributed by atoms with Crippen LogP contribution in [-0.4, -0.2) is 47.0 Å². The fourth-order valence-corrected chi connectivity index (χ4v) is 1.55. The molecule has 0 radical (unpaired) electrons. The normalized spacial score (nSPS) is 13.8. The Bertz CT molecular complexity index is 298. The fourth-order valence-electron chi connectivity index (χ4n) is 1.06. The van der Waals surface area contributed by atoms with Crippen LogP contribution in [0.15, 0.2) is 0 Å². The molecular formula is C9H17N3O4S. The lowest BCUT2D eigenvalue weighted by molar-refractivity contribution is -0.143. The van der Waals surface area contributed by atoms with Crippen molar-refractivity contribution in [2.45, 2.75) is 24.9 Å². The third-order valence-corrected chi connectivity index (χ3v) is 2.63. The molecule has 2 amide bonds. The zero-order valence-electron chi connectivity index (χ0n) is 9.51. The van der Waals surface area contributed by atoms with E-state index in [-0.39, 0.29) is 0 Å². The van der Waals surface area contributed by atoms with Gasteiger partial charge in [-0.25, -0.2) is 4.79 Å². The van der Waals surface area contributed by atoms with Gasteiger partial charge in [-0.15, -0.1) is 0 Å². The van der Waals surface area contributed by atoms with Gasteiger partial charge in [0.05, 0.1) is 12.5 Å². The monoisotopic (exact) mass is 263 g/mol. The van der Waals surface area contributed by atoms with Crippen molar-refractivity contribution in [1.29, 1.82) is 0 Å². The number of thioether (sulfide) groups is 1. The van der Waals surface area contributed by atoms with Gasteiger partial charge in [-0.3, -0.25) is 9.59 Å². The van der Waals surface area contributed by atoms with Gasteiger partial charge in [0.15, 0.2) is 0 Å². The summed E-state index contributed by atoms with van der Waals surface area (Å²) in [7, 11) is 0. The van der Waals surface area contributed by atoms with Crippen LogP contribution < -0.4 is 16.8 Å². The molecule has 0 bridgehead atoms. The number of nitrogens with two attached hydrogens (primary N) is 2. The van der Waals surface area contributed by atoms with Crippen LogP contribution in [0.25, 0.3) is 0 Å². The number of carboxylic acid groups (broad SMARTS) is 1. The van der Waals surface area contributed by atoms with Crippen molar-refractivity contribution in [2.24, 2.45) is 11.5 Å². The summed E-state index contributed by atoms with van der Waals surface area (Å²) in [6.07, 6.45) is 1.87. The molecule has 0 aliphatic carbocycles. The van der Waals surface area contributed by atoms with E-state index in [1.807, 2.05) is 6.26 Å². The molecule has 17 heavy (non-hydrogen) atoms. The van der Waals surface area contributed by atoms with Crippen molar-refractivity contribution in [3.05, 3.63) is 0 Å². The van der Waals surface area contributed by atoms with E-state index < -0.39 is 36.3 Å². The smallest absolute Gasteiger partial charge is 0.326 e. The van der Waals surface area contributed by atoms with Gasteiger partial charge in [0.2, 0.25) is 11.8 Å². The van der Waals surface area contributed by atoms with E-state index in [4.69, 9.17) is 16.6 Å². The third kappa shape index (κ3) is 6.80. The Morgan fingerprint density at radius 2 is 2.00 bits per heavy atom. The fraction of sp³-hybridized carbons (Fsp3) is 0.667. The van der Waals surface area contributed by atoms with Crippen molar-refractivity contribution >= 4 is 29.5 Å². The van der Waals surface area contributed by atoms with E-state index in [1.54, 1.807) is 0 Å². The Hall–Kier alpha value is -1.28. The second-order valence-corrected chi connectivity index (χ2v) is 4.44. The van der Waals surface area contributed by atoms with Gasteiger partial charge in [-0.2, -0.15) is 11.8 Å². The van der Waals surface area contributed by atoms with Crippen LogP contribution in [0.2, 0.25) is 0 Å². The van der Waals surface area contributed by atoms with E-state index in [1.165, 1.54) is 11.8 Å². The zero-order valence-corrected chi connectivity index (χ0v) is 10.3. The molecule has 0 spiro atoms. The minimum atomic E-state index is -1.32.